The molecule has 1 aliphatic heterocycles. The molecule has 3 aromatic rings. The highest BCUT2D eigenvalue weighted by Crippen LogP contribution is 2.31. The first kappa shape index (κ1) is 20.4. The van der Waals surface area contributed by atoms with Crippen LogP contribution >= 0.6 is 27.3 Å². The van der Waals surface area contributed by atoms with Crippen molar-refractivity contribution < 1.29 is 13.9 Å². The molecule has 0 saturated heterocycles. The van der Waals surface area contributed by atoms with Crippen molar-refractivity contribution in [3.8, 4) is 0 Å². The van der Waals surface area contributed by atoms with Gasteiger partial charge in [0.15, 0.2) is 4.80 Å². The Labute approximate surface area is 183 Å². The van der Waals surface area contributed by atoms with Crippen molar-refractivity contribution in [2.24, 2.45) is 4.99 Å². The van der Waals surface area contributed by atoms with E-state index in [1.165, 1.54) is 29.1 Å². The number of aromatic nitrogens is 1. The zero-order chi connectivity index (χ0) is 21.4. The van der Waals surface area contributed by atoms with Gasteiger partial charge in [-0.15, -0.1) is 0 Å². The van der Waals surface area contributed by atoms with Crippen molar-refractivity contribution in [3.63, 3.8) is 0 Å². The van der Waals surface area contributed by atoms with Crippen LogP contribution < -0.4 is 14.9 Å². The van der Waals surface area contributed by atoms with Gasteiger partial charge in [-0.05, 0) is 36.8 Å². The molecule has 0 N–H and O–H groups in total. The number of thiazole rings is 1. The summed E-state index contributed by atoms with van der Waals surface area (Å²) >= 11 is 4.62. The SMILES string of the molecule is COC(=O)C1=C(C)N=c2s/c(=C/c3cccc(Br)c3)c(=O)n2[C@H]1c1ccccc1F. The number of nitrogens with zero attached hydrogens (tertiary/aromatic N) is 2. The Balaban J connectivity index is 2.01. The summed E-state index contributed by atoms with van der Waals surface area (Å²) in [6.45, 7) is 1.66. The highest BCUT2D eigenvalue weighted by Gasteiger charge is 2.34. The number of esters is 1. The number of hydrogen-bond donors (Lipinski definition) is 0. The van der Waals surface area contributed by atoms with E-state index in [0.29, 0.717) is 15.0 Å². The molecule has 30 heavy (non-hydrogen) atoms. The van der Waals surface area contributed by atoms with E-state index in [1.807, 2.05) is 24.3 Å². The average molecular weight is 487 g/mol. The molecular formula is C22H16BrFN2O3S. The smallest absolute Gasteiger partial charge is 0.338 e. The second-order valence-electron chi connectivity index (χ2n) is 6.65. The molecule has 1 aromatic heterocycles. The predicted octanol–water partition coefficient (Wildman–Crippen LogP) is 3.31. The number of fused-ring (bicyclic) bond motifs is 1. The Morgan fingerprint density at radius 3 is 2.73 bits per heavy atom. The normalized spacial score (nSPS) is 16.3. The molecule has 4 rings (SSSR count). The number of ether oxygens (including phenoxy) is 1. The van der Waals surface area contributed by atoms with E-state index in [0.717, 1.165) is 10.0 Å². The summed E-state index contributed by atoms with van der Waals surface area (Å²) in [5.74, 6) is -1.16. The Hall–Kier alpha value is -2.84. The quantitative estimate of drug-likeness (QED) is 0.533. The molecule has 0 spiro atoms. The third-order valence-corrected chi connectivity index (χ3v) is 6.25. The van der Waals surface area contributed by atoms with Crippen molar-refractivity contribution in [1.29, 1.82) is 0 Å². The Bertz CT molecular complexity index is 1370. The third-order valence-electron chi connectivity index (χ3n) is 4.77. The van der Waals surface area contributed by atoms with Gasteiger partial charge in [0.1, 0.15) is 11.9 Å². The lowest BCUT2D eigenvalue weighted by Gasteiger charge is -2.24. The lowest BCUT2D eigenvalue weighted by atomic mass is 9.95. The van der Waals surface area contributed by atoms with Crippen LogP contribution in [0.4, 0.5) is 4.39 Å². The van der Waals surface area contributed by atoms with Crippen LogP contribution in [-0.4, -0.2) is 17.6 Å². The van der Waals surface area contributed by atoms with E-state index in [4.69, 9.17) is 4.74 Å². The van der Waals surface area contributed by atoms with Crippen molar-refractivity contribution >= 4 is 39.3 Å². The molecule has 1 aliphatic rings. The number of carbonyl (C=O) groups excluding carboxylic acids is 1. The number of carbonyl (C=O) groups is 1. The number of rotatable bonds is 3. The van der Waals surface area contributed by atoms with E-state index < -0.39 is 17.8 Å². The van der Waals surface area contributed by atoms with Gasteiger partial charge in [-0.25, -0.2) is 14.2 Å². The second-order valence-corrected chi connectivity index (χ2v) is 8.57. The minimum absolute atomic E-state index is 0.143. The molecule has 0 aliphatic carbocycles. The van der Waals surface area contributed by atoms with Gasteiger partial charge in [0.2, 0.25) is 0 Å². The topological polar surface area (TPSA) is 60.7 Å². The summed E-state index contributed by atoms with van der Waals surface area (Å²) in [5, 5.41) is 0. The van der Waals surface area contributed by atoms with Crippen molar-refractivity contribution in [1.82, 2.24) is 4.57 Å². The number of allylic oxidation sites excluding steroid dienone is 1. The summed E-state index contributed by atoms with van der Waals surface area (Å²) in [7, 11) is 1.25. The lowest BCUT2D eigenvalue weighted by Crippen LogP contribution is -2.40. The molecule has 0 amide bonds. The standard InChI is InChI=1S/C22H16BrFN2O3S/c1-12-18(21(28)29-2)19(15-8-3-4-9-16(15)24)26-20(27)17(30-22(26)25-12)11-13-6-5-7-14(23)10-13/h3-11,19H,1-2H3/b17-11+/t19-/m0/s1. The molecule has 0 fully saturated rings. The average Bonchev–Trinajstić information content (AvgIpc) is 3.02. The van der Waals surface area contributed by atoms with E-state index >= 15 is 0 Å². The fraction of sp³-hybridized carbons (Fsp3) is 0.136. The number of halogens is 2. The van der Waals surface area contributed by atoms with E-state index in [-0.39, 0.29) is 16.7 Å². The first-order valence-electron chi connectivity index (χ1n) is 9.01. The van der Waals surface area contributed by atoms with Crippen LogP contribution in [0.15, 0.2) is 74.1 Å². The highest BCUT2D eigenvalue weighted by molar-refractivity contribution is 9.10. The zero-order valence-electron chi connectivity index (χ0n) is 16.1. The van der Waals surface area contributed by atoms with Gasteiger partial charge in [0.05, 0.1) is 22.9 Å². The first-order valence-corrected chi connectivity index (χ1v) is 10.6. The molecule has 152 valence electrons. The van der Waals surface area contributed by atoms with Crippen LogP contribution in [0.25, 0.3) is 6.08 Å². The van der Waals surface area contributed by atoms with Gasteiger partial charge in [-0.3, -0.25) is 9.36 Å². The summed E-state index contributed by atoms with van der Waals surface area (Å²) in [6.07, 6.45) is 1.75. The predicted molar refractivity (Wildman–Crippen MR) is 116 cm³/mol. The van der Waals surface area contributed by atoms with Crippen LogP contribution in [-0.2, 0) is 9.53 Å². The van der Waals surface area contributed by atoms with Gasteiger partial charge in [0, 0.05) is 10.0 Å². The summed E-state index contributed by atoms with van der Waals surface area (Å²) < 4.78 is 22.3. The van der Waals surface area contributed by atoms with Crippen molar-refractivity contribution in [2.45, 2.75) is 13.0 Å². The summed E-state index contributed by atoms with van der Waals surface area (Å²) in [6, 6.07) is 12.7. The molecule has 0 unspecified atom stereocenters. The van der Waals surface area contributed by atoms with E-state index in [1.54, 1.807) is 31.2 Å². The van der Waals surface area contributed by atoms with Crippen LogP contribution in [0.3, 0.4) is 0 Å². The molecule has 5 nitrogen and oxygen atoms in total. The monoisotopic (exact) mass is 486 g/mol. The van der Waals surface area contributed by atoms with Gasteiger partial charge >= 0.3 is 5.97 Å². The fourth-order valence-corrected chi connectivity index (χ4v) is 4.90. The summed E-state index contributed by atoms with van der Waals surface area (Å²) in [5.41, 5.74) is 1.23. The van der Waals surface area contributed by atoms with Crippen LogP contribution in [0.5, 0.6) is 0 Å². The number of benzene rings is 2. The minimum atomic E-state index is -0.959. The largest absolute Gasteiger partial charge is 0.466 e. The highest BCUT2D eigenvalue weighted by atomic mass is 79.9. The Morgan fingerprint density at radius 2 is 2.03 bits per heavy atom. The Morgan fingerprint density at radius 1 is 1.27 bits per heavy atom. The number of methoxy groups -OCH3 is 1. The minimum Gasteiger partial charge on any atom is -0.466 e. The first-order chi connectivity index (χ1) is 14.4. The maximum Gasteiger partial charge on any atom is 0.338 e. The van der Waals surface area contributed by atoms with Crippen molar-refractivity contribution in [2.75, 3.05) is 7.11 Å². The van der Waals surface area contributed by atoms with Crippen LogP contribution in [0, 0.1) is 5.82 Å². The summed E-state index contributed by atoms with van der Waals surface area (Å²) in [4.78, 5) is 30.7. The zero-order valence-corrected chi connectivity index (χ0v) is 18.5. The van der Waals surface area contributed by atoms with Crippen LogP contribution in [0.1, 0.15) is 24.1 Å². The maximum atomic E-state index is 14.7. The Kier molecular flexibility index (Phi) is 5.53. The van der Waals surface area contributed by atoms with Gasteiger partial charge in [-0.2, -0.15) is 0 Å². The molecular weight excluding hydrogens is 471 g/mol. The molecule has 8 heteroatoms. The molecule has 0 bridgehead atoms. The van der Waals surface area contributed by atoms with Crippen LogP contribution in [0.2, 0.25) is 0 Å². The van der Waals surface area contributed by atoms with E-state index in [2.05, 4.69) is 20.9 Å². The van der Waals surface area contributed by atoms with E-state index in [9.17, 15) is 14.0 Å². The second kappa shape index (κ2) is 8.12. The number of hydrogen-bond acceptors (Lipinski definition) is 5. The molecule has 2 heterocycles. The molecule has 0 radical (unpaired) electrons. The van der Waals surface area contributed by atoms with Crippen molar-refractivity contribution in [3.05, 3.63) is 101 Å². The fourth-order valence-electron chi connectivity index (χ4n) is 3.43. The van der Waals surface area contributed by atoms with Gasteiger partial charge in [-0.1, -0.05) is 57.6 Å². The van der Waals surface area contributed by atoms with Gasteiger partial charge in [0.25, 0.3) is 5.56 Å². The molecule has 1 atom stereocenters. The third kappa shape index (κ3) is 3.57. The van der Waals surface area contributed by atoms with Gasteiger partial charge < -0.3 is 4.74 Å². The maximum absolute atomic E-state index is 14.7. The molecule has 0 saturated carbocycles. The lowest BCUT2D eigenvalue weighted by molar-refractivity contribution is -0.136. The molecule has 2 aromatic carbocycles.